The van der Waals surface area contributed by atoms with Crippen LogP contribution < -0.4 is 10.6 Å². The van der Waals surface area contributed by atoms with Gasteiger partial charge >= 0.3 is 0 Å². The first-order valence-corrected chi connectivity index (χ1v) is 7.50. The number of rotatable bonds is 3. The summed E-state index contributed by atoms with van der Waals surface area (Å²) in [6, 6.07) is -0.653. The maximum atomic E-state index is 12.2. The van der Waals surface area contributed by atoms with Crippen molar-refractivity contribution in [3.8, 4) is 0 Å². The molecule has 0 spiro atoms. The molecule has 0 bridgehead atoms. The van der Waals surface area contributed by atoms with E-state index in [-0.39, 0.29) is 17.9 Å². The number of amides is 2. The number of nitrogens with zero attached hydrogens (tertiary/aromatic N) is 1. The number of nitrogens with one attached hydrogen (secondary N) is 2. The maximum Gasteiger partial charge on any atom is 0.245 e. The van der Waals surface area contributed by atoms with Crippen LogP contribution in [-0.2, 0) is 14.3 Å². The van der Waals surface area contributed by atoms with E-state index in [9.17, 15) is 9.59 Å². The number of hydrogen-bond acceptors (Lipinski definition) is 4. The van der Waals surface area contributed by atoms with E-state index < -0.39 is 6.04 Å². The molecule has 2 N–H and O–H groups in total. The van der Waals surface area contributed by atoms with Gasteiger partial charge < -0.3 is 20.3 Å². The predicted molar refractivity (Wildman–Crippen MR) is 75.2 cm³/mol. The van der Waals surface area contributed by atoms with E-state index in [0.29, 0.717) is 32.2 Å². The monoisotopic (exact) mass is 283 g/mol. The molecule has 114 valence electrons. The molecule has 20 heavy (non-hydrogen) atoms. The van der Waals surface area contributed by atoms with Gasteiger partial charge in [0.05, 0.1) is 19.3 Å². The number of carbonyl (C=O) groups excluding carboxylic acids is 2. The Morgan fingerprint density at radius 1 is 1.35 bits per heavy atom. The topological polar surface area (TPSA) is 70.7 Å². The van der Waals surface area contributed by atoms with Crippen molar-refractivity contribution in [3.05, 3.63) is 0 Å². The van der Waals surface area contributed by atoms with Crippen molar-refractivity contribution in [1.82, 2.24) is 15.5 Å². The lowest BCUT2D eigenvalue weighted by atomic mass is 9.92. The van der Waals surface area contributed by atoms with Crippen molar-refractivity contribution in [2.75, 3.05) is 32.8 Å². The van der Waals surface area contributed by atoms with Gasteiger partial charge in [-0.3, -0.25) is 9.59 Å². The number of carbonyl (C=O) groups is 2. The molecule has 0 aromatic heterocycles. The van der Waals surface area contributed by atoms with Crippen LogP contribution in [0.15, 0.2) is 0 Å². The zero-order valence-electron chi connectivity index (χ0n) is 12.4. The standard InChI is InChI=1S/C14H25N3O3/c1-10-4-3-5-15-12(10)13(18)16-11(2)14(19)17-6-8-20-9-7-17/h10-12,15H,3-9H2,1-2H3,(H,16,18). The van der Waals surface area contributed by atoms with Crippen LogP contribution in [0.5, 0.6) is 0 Å². The van der Waals surface area contributed by atoms with Crippen molar-refractivity contribution in [2.45, 2.75) is 38.8 Å². The number of hydrogen-bond donors (Lipinski definition) is 2. The lowest BCUT2D eigenvalue weighted by molar-refractivity contribution is -0.140. The second-order valence-corrected chi connectivity index (χ2v) is 5.72. The first-order chi connectivity index (χ1) is 9.59. The molecule has 0 aliphatic carbocycles. The van der Waals surface area contributed by atoms with Gasteiger partial charge in [0.2, 0.25) is 11.8 Å². The summed E-state index contributed by atoms with van der Waals surface area (Å²) in [4.78, 5) is 26.2. The summed E-state index contributed by atoms with van der Waals surface area (Å²) in [6.07, 6.45) is 2.16. The van der Waals surface area contributed by atoms with Crippen molar-refractivity contribution >= 4 is 11.8 Å². The minimum absolute atomic E-state index is 0.0230. The maximum absolute atomic E-state index is 12.2. The van der Waals surface area contributed by atoms with E-state index in [1.54, 1.807) is 11.8 Å². The third kappa shape index (κ3) is 3.70. The van der Waals surface area contributed by atoms with E-state index in [4.69, 9.17) is 4.74 Å². The largest absolute Gasteiger partial charge is 0.378 e. The summed E-state index contributed by atoms with van der Waals surface area (Å²) in [5.41, 5.74) is 0. The van der Waals surface area contributed by atoms with Gasteiger partial charge in [0, 0.05) is 13.1 Å². The fraction of sp³-hybridized carbons (Fsp3) is 0.857. The highest BCUT2D eigenvalue weighted by molar-refractivity contribution is 5.89. The Labute approximate surface area is 120 Å². The normalized spacial score (nSPS) is 28.8. The third-order valence-electron chi connectivity index (χ3n) is 4.10. The Morgan fingerprint density at radius 2 is 2.05 bits per heavy atom. The summed E-state index contributed by atoms with van der Waals surface area (Å²) >= 11 is 0. The van der Waals surface area contributed by atoms with Gasteiger partial charge in [-0.15, -0.1) is 0 Å². The molecule has 2 saturated heterocycles. The second-order valence-electron chi connectivity index (χ2n) is 5.72. The Bertz CT molecular complexity index is 356. The van der Waals surface area contributed by atoms with E-state index in [1.165, 1.54) is 0 Å². The van der Waals surface area contributed by atoms with Crippen LogP contribution >= 0.6 is 0 Å². The molecule has 3 unspecified atom stereocenters. The highest BCUT2D eigenvalue weighted by Crippen LogP contribution is 2.15. The van der Waals surface area contributed by atoms with E-state index >= 15 is 0 Å². The molecule has 0 aromatic carbocycles. The molecule has 2 fully saturated rings. The lowest BCUT2D eigenvalue weighted by Gasteiger charge is -2.32. The summed E-state index contributed by atoms with van der Waals surface area (Å²) in [5.74, 6) is 0.228. The Balaban J connectivity index is 1.84. The van der Waals surface area contributed by atoms with Crippen LogP contribution in [0.25, 0.3) is 0 Å². The molecule has 6 nitrogen and oxygen atoms in total. The fourth-order valence-electron chi connectivity index (χ4n) is 2.82. The molecule has 3 atom stereocenters. The summed E-state index contributed by atoms with van der Waals surface area (Å²) in [7, 11) is 0. The SMILES string of the molecule is CC(NC(=O)C1NCCCC1C)C(=O)N1CCOCC1. The average molecular weight is 283 g/mol. The Morgan fingerprint density at radius 3 is 2.70 bits per heavy atom. The van der Waals surface area contributed by atoms with E-state index in [0.717, 1.165) is 19.4 Å². The number of piperidine rings is 1. The molecular formula is C14H25N3O3. The smallest absolute Gasteiger partial charge is 0.245 e. The minimum Gasteiger partial charge on any atom is -0.378 e. The van der Waals surface area contributed by atoms with Crippen molar-refractivity contribution in [3.63, 3.8) is 0 Å². The van der Waals surface area contributed by atoms with Gasteiger partial charge in [-0.05, 0) is 32.2 Å². The van der Waals surface area contributed by atoms with Crippen molar-refractivity contribution in [2.24, 2.45) is 5.92 Å². The van der Waals surface area contributed by atoms with E-state index in [2.05, 4.69) is 17.6 Å². The van der Waals surface area contributed by atoms with Crippen molar-refractivity contribution < 1.29 is 14.3 Å². The Kier molecular flexibility index (Phi) is 5.37. The lowest BCUT2D eigenvalue weighted by Crippen LogP contribution is -2.56. The highest BCUT2D eigenvalue weighted by atomic mass is 16.5. The quantitative estimate of drug-likeness (QED) is 0.748. The molecule has 2 heterocycles. The fourth-order valence-corrected chi connectivity index (χ4v) is 2.82. The van der Waals surface area contributed by atoms with Gasteiger partial charge in [-0.1, -0.05) is 6.92 Å². The van der Waals surface area contributed by atoms with Crippen LogP contribution in [-0.4, -0.2) is 61.6 Å². The second kappa shape index (κ2) is 7.04. The molecule has 0 aromatic rings. The van der Waals surface area contributed by atoms with Crippen LogP contribution in [0.3, 0.4) is 0 Å². The first kappa shape index (κ1) is 15.3. The molecule has 6 heteroatoms. The van der Waals surface area contributed by atoms with Gasteiger partial charge in [-0.2, -0.15) is 0 Å². The van der Waals surface area contributed by atoms with Crippen LogP contribution in [0, 0.1) is 5.92 Å². The van der Waals surface area contributed by atoms with E-state index in [1.807, 2.05) is 0 Å². The highest BCUT2D eigenvalue weighted by Gasteiger charge is 2.30. The van der Waals surface area contributed by atoms with Gasteiger partial charge in [-0.25, -0.2) is 0 Å². The summed E-state index contributed by atoms with van der Waals surface area (Å²) in [6.45, 7) is 7.07. The minimum atomic E-state index is -0.475. The zero-order chi connectivity index (χ0) is 14.5. The van der Waals surface area contributed by atoms with Gasteiger partial charge in [0.15, 0.2) is 0 Å². The molecule has 2 amide bonds. The molecular weight excluding hydrogens is 258 g/mol. The summed E-state index contributed by atoms with van der Waals surface area (Å²) in [5, 5.41) is 6.08. The van der Waals surface area contributed by atoms with Crippen LogP contribution in [0.1, 0.15) is 26.7 Å². The van der Waals surface area contributed by atoms with Gasteiger partial charge in [0.25, 0.3) is 0 Å². The predicted octanol–water partition coefficient (Wildman–Crippen LogP) is -0.262. The third-order valence-corrected chi connectivity index (χ3v) is 4.10. The van der Waals surface area contributed by atoms with Gasteiger partial charge in [0.1, 0.15) is 6.04 Å². The first-order valence-electron chi connectivity index (χ1n) is 7.50. The molecule has 0 saturated carbocycles. The van der Waals surface area contributed by atoms with Crippen molar-refractivity contribution in [1.29, 1.82) is 0 Å². The van der Waals surface area contributed by atoms with Crippen LogP contribution in [0.4, 0.5) is 0 Å². The number of ether oxygens (including phenoxy) is 1. The molecule has 2 aliphatic heterocycles. The molecule has 2 rings (SSSR count). The molecule has 2 aliphatic rings. The summed E-state index contributed by atoms with van der Waals surface area (Å²) < 4.78 is 5.23. The number of morpholine rings is 1. The zero-order valence-corrected chi connectivity index (χ0v) is 12.4. The average Bonchev–Trinajstić information content (AvgIpc) is 2.47. The Hall–Kier alpha value is -1.14. The van der Waals surface area contributed by atoms with Crippen LogP contribution in [0.2, 0.25) is 0 Å². The molecule has 0 radical (unpaired) electrons.